The van der Waals surface area contributed by atoms with Gasteiger partial charge in [-0.1, -0.05) is 72.8 Å². The van der Waals surface area contributed by atoms with E-state index in [1.165, 1.54) is 0 Å². The number of amides is 2. The van der Waals surface area contributed by atoms with Gasteiger partial charge in [0.15, 0.2) is 0 Å². The van der Waals surface area contributed by atoms with Crippen LogP contribution in [0.4, 0.5) is 5.69 Å². The number of carboxylic acid groups (broad SMARTS) is 1. The van der Waals surface area contributed by atoms with Crippen molar-refractivity contribution >= 4 is 46.7 Å². The molecule has 0 heterocycles. The lowest BCUT2D eigenvalue weighted by atomic mass is 9.69. The van der Waals surface area contributed by atoms with Crippen LogP contribution in [0.2, 0.25) is 10.0 Å². The molecule has 1 atom stereocenters. The molecular formula is C31H32Cl2N2O5. The van der Waals surface area contributed by atoms with Gasteiger partial charge in [0.25, 0.3) is 5.91 Å². The zero-order chi connectivity index (χ0) is 28.7. The minimum atomic E-state index is -1.10. The number of ether oxygens (including phenoxy) is 1. The van der Waals surface area contributed by atoms with Crippen molar-refractivity contribution < 1.29 is 24.2 Å². The quantitative estimate of drug-likeness (QED) is 0.251. The van der Waals surface area contributed by atoms with E-state index in [9.17, 15) is 19.5 Å². The van der Waals surface area contributed by atoms with Crippen molar-refractivity contribution in [1.82, 2.24) is 5.32 Å². The summed E-state index contributed by atoms with van der Waals surface area (Å²) in [6.45, 7) is 0. The van der Waals surface area contributed by atoms with Gasteiger partial charge in [0.1, 0.15) is 11.8 Å². The van der Waals surface area contributed by atoms with Crippen molar-refractivity contribution in [3.05, 3.63) is 93.5 Å². The molecule has 0 bridgehead atoms. The minimum Gasteiger partial charge on any atom is -0.497 e. The third kappa shape index (κ3) is 7.14. The van der Waals surface area contributed by atoms with Crippen LogP contribution in [0, 0.1) is 5.41 Å². The molecule has 0 aromatic heterocycles. The van der Waals surface area contributed by atoms with Crippen LogP contribution in [0.15, 0.2) is 66.7 Å². The minimum absolute atomic E-state index is 0.101. The smallest absolute Gasteiger partial charge is 0.326 e. The van der Waals surface area contributed by atoms with Gasteiger partial charge in [-0.05, 0) is 66.8 Å². The predicted octanol–water partition coefficient (Wildman–Crippen LogP) is 6.56. The second kappa shape index (κ2) is 13.2. The van der Waals surface area contributed by atoms with Gasteiger partial charge in [-0.3, -0.25) is 9.59 Å². The highest BCUT2D eigenvalue weighted by molar-refractivity contribution is 6.40. The fourth-order valence-corrected chi connectivity index (χ4v) is 5.80. The Labute approximate surface area is 243 Å². The van der Waals surface area contributed by atoms with E-state index in [0.29, 0.717) is 30.5 Å². The summed E-state index contributed by atoms with van der Waals surface area (Å²) in [6, 6.07) is 18.2. The number of nitrogens with one attached hydrogen (secondary N) is 2. The molecular weight excluding hydrogens is 551 g/mol. The summed E-state index contributed by atoms with van der Waals surface area (Å²) in [7, 11) is 1.61. The second-order valence-electron chi connectivity index (χ2n) is 10.2. The van der Waals surface area contributed by atoms with Gasteiger partial charge >= 0.3 is 5.97 Å². The fraction of sp³-hybridized carbons (Fsp3) is 0.323. The van der Waals surface area contributed by atoms with Crippen LogP contribution in [-0.2, 0) is 22.4 Å². The number of hydrogen-bond acceptors (Lipinski definition) is 4. The number of hydrogen-bond donors (Lipinski definition) is 3. The lowest BCUT2D eigenvalue weighted by Crippen LogP contribution is -2.51. The van der Waals surface area contributed by atoms with Gasteiger partial charge in [-0.25, -0.2) is 4.79 Å². The molecule has 1 aliphatic rings. The number of methoxy groups -OCH3 is 1. The van der Waals surface area contributed by atoms with Crippen molar-refractivity contribution in [3.63, 3.8) is 0 Å². The van der Waals surface area contributed by atoms with E-state index < -0.39 is 23.3 Å². The van der Waals surface area contributed by atoms with Gasteiger partial charge < -0.3 is 20.5 Å². The van der Waals surface area contributed by atoms with Crippen LogP contribution < -0.4 is 15.4 Å². The molecule has 9 heteroatoms. The van der Waals surface area contributed by atoms with E-state index in [0.717, 1.165) is 30.6 Å². The molecule has 1 saturated carbocycles. The summed E-state index contributed by atoms with van der Waals surface area (Å²) >= 11 is 12.3. The van der Waals surface area contributed by atoms with Crippen LogP contribution in [0.25, 0.3) is 0 Å². The Morgan fingerprint density at radius 1 is 0.900 bits per heavy atom. The van der Waals surface area contributed by atoms with Gasteiger partial charge in [-0.15, -0.1) is 0 Å². The number of carboxylic acids is 1. The Morgan fingerprint density at radius 3 is 2.08 bits per heavy atom. The number of rotatable bonds is 10. The lowest BCUT2D eigenvalue weighted by molar-refractivity contribution is -0.144. The van der Waals surface area contributed by atoms with Gasteiger partial charge in [0.2, 0.25) is 5.91 Å². The molecule has 7 nitrogen and oxygen atoms in total. The molecule has 4 rings (SSSR count). The molecule has 0 unspecified atom stereocenters. The highest BCUT2D eigenvalue weighted by atomic mass is 35.5. The molecule has 40 heavy (non-hydrogen) atoms. The molecule has 0 aliphatic heterocycles. The van der Waals surface area contributed by atoms with Crippen molar-refractivity contribution in [2.45, 2.75) is 51.0 Å². The van der Waals surface area contributed by atoms with Crippen molar-refractivity contribution in [2.75, 3.05) is 12.4 Å². The van der Waals surface area contributed by atoms with Gasteiger partial charge in [-0.2, -0.15) is 0 Å². The van der Waals surface area contributed by atoms with Crippen molar-refractivity contribution in [1.29, 1.82) is 0 Å². The number of benzene rings is 3. The molecule has 210 valence electrons. The SMILES string of the molecule is COc1ccc(CC2(C(=O)N[C@@H](Cc3ccc(NC(=O)c4c(Cl)cccc4Cl)cc3)C(=O)O)CCCCC2)cc1. The Hall–Kier alpha value is -3.55. The number of aliphatic carboxylic acids is 1. The molecule has 3 aromatic rings. The Balaban J connectivity index is 1.44. The average Bonchev–Trinajstić information content (AvgIpc) is 2.94. The zero-order valence-corrected chi connectivity index (χ0v) is 23.7. The van der Waals surface area contributed by atoms with Crippen LogP contribution in [0.3, 0.4) is 0 Å². The fourth-order valence-electron chi connectivity index (χ4n) is 5.23. The van der Waals surface area contributed by atoms with E-state index in [2.05, 4.69) is 10.6 Å². The highest BCUT2D eigenvalue weighted by Gasteiger charge is 2.41. The summed E-state index contributed by atoms with van der Waals surface area (Å²) < 4.78 is 5.25. The van der Waals surface area contributed by atoms with E-state index in [1.807, 2.05) is 24.3 Å². The second-order valence-corrected chi connectivity index (χ2v) is 11.0. The number of carbonyl (C=O) groups excluding carboxylic acids is 2. The predicted molar refractivity (Wildman–Crippen MR) is 156 cm³/mol. The maximum Gasteiger partial charge on any atom is 0.326 e. The molecule has 0 spiro atoms. The Kier molecular flexibility index (Phi) is 9.71. The van der Waals surface area contributed by atoms with Gasteiger partial charge in [0, 0.05) is 12.1 Å². The standard InChI is InChI=1S/C31H32Cl2N2O5/c1-40-23-14-10-21(11-15-23)19-31(16-3-2-4-17-31)30(39)35-26(29(37)38)18-20-8-12-22(13-9-20)34-28(36)27-24(32)6-5-7-25(27)33/h5-15,26H,2-4,16-19H2,1H3,(H,34,36)(H,35,39)(H,37,38)/t26-/m0/s1. The van der Waals surface area contributed by atoms with Crippen LogP contribution >= 0.6 is 23.2 Å². The van der Waals surface area contributed by atoms with E-state index in [-0.39, 0.29) is 27.9 Å². The van der Waals surface area contributed by atoms with Crippen molar-refractivity contribution in [3.8, 4) is 5.75 Å². The first-order chi connectivity index (χ1) is 19.2. The molecule has 1 fully saturated rings. The Morgan fingerprint density at radius 2 is 1.50 bits per heavy atom. The third-order valence-corrected chi connectivity index (χ3v) is 8.07. The average molecular weight is 584 g/mol. The summed E-state index contributed by atoms with van der Waals surface area (Å²) in [5.41, 5.74) is 1.74. The zero-order valence-electron chi connectivity index (χ0n) is 22.2. The summed E-state index contributed by atoms with van der Waals surface area (Å²) in [5, 5.41) is 16.0. The molecule has 1 aliphatic carbocycles. The summed E-state index contributed by atoms with van der Waals surface area (Å²) in [5.74, 6) is -1.03. The van der Waals surface area contributed by atoms with Crippen LogP contribution in [-0.4, -0.2) is 36.0 Å². The molecule has 0 radical (unpaired) electrons. The maximum atomic E-state index is 13.6. The first-order valence-electron chi connectivity index (χ1n) is 13.2. The van der Waals surface area contributed by atoms with Crippen molar-refractivity contribution in [2.24, 2.45) is 5.41 Å². The monoisotopic (exact) mass is 582 g/mol. The number of carbonyl (C=O) groups is 3. The number of anilines is 1. The highest BCUT2D eigenvalue weighted by Crippen LogP contribution is 2.40. The first-order valence-corrected chi connectivity index (χ1v) is 14.0. The van der Waals surface area contributed by atoms with E-state index in [1.54, 1.807) is 49.6 Å². The summed E-state index contributed by atoms with van der Waals surface area (Å²) in [6.07, 6.45) is 4.97. The van der Waals surface area contributed by atoms with E-state index in [4.69, 9.17) is 27.9 Å². The molecule has 3 aromatic carbocycles. The van der Waals surface area contributed by atoms with Crippen LogP contribution in [0.5, 0.6) is 5.75 Å². The maximum absolute atomic E-state index is 13.6. The molecule has 2 amide bonds. The molecule has 0 saturated heterocycles. The number of halogens is 2. The Bertz CT molecular complexity index is 1330. The lowest BCUT2D eigenvalue weighted by Gasteiger charge is -2.37. The largest absolute Gasteiger partial charge is 0.497 e. The normalized spacial score (nSPS) is 15.1. The van der Waals surface area contributed by atoms with Crippen LogP contribution in [0.1, 0.15) is 53.6 Å². The van der Waals surface area contributed by atoms with Gasteiger partial charge in [0.05, 0.1) is 28.1 Å². The summed E-state index contributed by atoms with van der Waals surface area (Å²) in [4.78, 5) is 38.5. The van der Waals surface area contributed by atoms with E-state index >= 15 is 0 Å². The molecule has 3 N–H and O–H groups in total. The topological polar surface area (TPSA) is 105 Å². The third-order valence-electron chi connectivity index (χ3n) is 7.44. The first kappa shape index (κ1) is 29.4.